The van der Waals surface area contributed by atoms with E-state index in [1.54, 1.807) is 6.07 Å². The molecule has 0 spiro atoms. The topological polar surface area (TPSA) is 54.4 Å². The summed E-state index contributed by atoms with van der Waals surface area (Å²) in [6.45, 7) is 2.18. The molecule has 0 saturated heterocycles. The molecule has 0 saturated carbocycles. The molecule has 2 aromatic carbocycles. The maximum absolute atomic E-state index is 11.1. The molecule has 0 aliphatic rings. The predicted octanol–water partition coefficient (Wildman–Crippen LogP) is 3.82. The van der Waals surface area contributed by atoms with Gasteiger partial charge in [-0.3, -0.25) is 4.55 Å². The maximum Gasteiger partial charge on any atom is 0.294 e. The zero-order valence-corrected chi connectivity index (χ0v) is 11.8. The standard InChI is InChI=1S/C15H18O3S/c1-2-3-4-5-12-6-7-14-11-15(19(16,17)18)9-8-13(14)10-12/h6-11H,2-5H2,1H3,(H,16,17,18). The van der Waals surface area contributed by atoms with Gasteiger partial charge in [-0.15, -0.1) is 0 Å². The van der Waals surface area contributed by atoms with E-state index in [0.29, 0.717) is 0 Å². The van der Waals surface area contributed by atoms with Crippen LogP contribution in [0.25, 0.3) is 10.8 Å². The van der Waals surface area contributed by atoms with E-state index >= 15 is 0 Å². The summed E-state index contributed by atoms with van der Waals surface area (Å²) in [7, 11) is -4.12. The normalized spacial score (nSPS) is 11.9. The van der Waals surface area contributed by atoms with Gasteiger partial charge in [0.25, 0.3) is 10.1 Å². The Morgan fingerprint density at radius 1 is 1.00 bits per heavy atom. The van der Waals surface area contributed by atoms with Gasteiger partial charge in [0.1, 0.15) is 0 Å². The average molecular weight is 278 g/mol. The first-order valence-electron chi connectivity index (χ1n) is 6.51. The van der Waals surface area contributed by atoms with E-state index in [-0.39, 0.29) is 4.90 Å². The molecule has 0 amide bonds. The third kappa shape index (κ3) is 3.55. The number of aryl methyl sites for hydroxylation is 1. The molecule has 0 unspecified atom stereocenters. The minimum absolute atomic E-state index is 0.0567. The van der Waals surface area contributed by atoms with Crippen molar-refractivity contribution in [1.82, 2.24) is 0 Å². The number of unbranched alkanes of at least 4 members (excludes halogenated alkanes) is 2. The number of fused-ring (bicyclic) bond motifs is 1. The second kappa shape index (κ2) is 5.72. The Labute approximate surface area is 114 Å². The van der Waals surface area contributed by atoms with Crippen LogP contribution in [0, 0.1) is 0 Å². The van der Waals surface area contributed by atoms with Crippen molar-refractivity contribution in [2.24, 2.45) is 0 Å². The van der Waals surface area contributed by atoms with E-state index < -0.39 is 10.1 Å². The molecule has 0 aliphatic carbocycles. The highest BCUT2D eigenvalue weighted by atomic mass is 32.2. The van der Waals surface area contributed by atoms with E-state index in [4.69, 9.17) is 4.55 Å². The first kappa shape index (κ1) is 14.0. The molecular formula is C15H18O3S. The molecule has 0 fully saturated rings. The van der Waals surface area contributed by atoms with Gasteiger partial charge in [-0.25, -0.2) is 0 Å². The molecule has 0 atom stereocenters. The van der Waals surface area contributed by atoms with Gasteiger partial charge >= 0.3 is 0 Å². The molecule has 2 rings (SSSR count). The van der Waals surface area contributed by atoms with Crippen LogP contribution in [0.5, 0.6) is 0 Å². The van der Waals surface area contributed by atoms with Crippen molar-refractivity contribution in [3.63, 3.8) is 0 Å². The fraction of sp³-hybridized carbons (Fsp3) is 0.333. The van der Waals surface area contributed by atoms with Gasteiger partial charge < -0.3 is 0 Å². The van der Waals surface area contributed by atoms with Gasteiger partial charge in [0.05, 0.1) is 4.90 Å². The van der Waals surface area contributed by atoms with E-state index in [1.807, 2.05) is 12.1 Å². The Morgan fingerprint density at radius 2 is 1.68 bits per heavy atom. The maximum atomic E-state index is 11.1. The molecule has 0 heterocycles. The first-order chi connectivity index (χ1) is 9.00. The van der Waals surface area contributed by atoms with Crippen molar-refractivity contribution >= 4 is 20.9 Å². The highest BCUT2D eigenvalue weighted by molar-refractivity contribution is 7.85. The molecule has 0 aromatic heterocycles. The lowest BCUT2D eigenvalue weighted by Crippen LogP contribution is -1.97. The lowest BCUT2D eigenvalue weighted by molar-refractivity contribution is 0.483. The largest absolute Gasteiger partial charge is 0.294 e. The molecule has 4 heteroatoms. The smallest absolute Gasteiger partial charge is 0.282 e. The Balaban J connectivity index is 2.30. The highest BCUT2D eigenvalue weighted by Crippen LogP contribution is 2.21. The van der Waals surface area contributed by atoms with Gasteiger partial charge in [-0.05, 0) is 41.3 Å². The summed E-state index contributed by atoms with van der Waals surface area (Å²) < 4.78 is 31.2. The van der Waals surface area contributed by atoms with E-state index in [1.165, 1.54) is 37.0 Å². The third-order valence-electron chi connectivity index (χ3n) is 3.24. The quantitative estimate of drug-likeness (QED) is 0.668. The molecule has 2 aromatic rings. The Morgan fingerprint density at radius 3 is 2.37 bits per heavy atom. The fourth-order valence-electron chi connectivity index (χ4n) is 2.17. The number of benzene rings is 2. The van der Waals surface area contributed by atoms with Crippen LogP contribution in [-0.2, 0) is 16.5 Å². The fourth-order valence-corrected chi connectivity index (χ4v) is 2.68. The van der Waals surface area contributed by atoms with Crippen LogP contribution >= 0.6 is 0 Å². The first-order valence-corrected chi connectivity index (χ1v) is 7.95. The Hall–Kier alpha value is -1.39. The van der Waals surface area contributed by atoms with Crippen molar-refractivity contribution < 1.29 is 13.0 Å². The van der Waals surface area contributed by atoms with Crippen LogP contribution < -0.4 is 0 Å². The van der Waals surface area contributed by atoms with Gasteiger partial charge in [0.15, 0.2) is 0 Å². The number of hydrogen-bond acceptors (Lipinski definition) is 2. The summed E-state index contributed by atoms with van der Waals surface area (Å²) >= 11 is 0. The highest BCUT2D eigenvalue weighted by Gasteiger charge is 2.09. The SMILES string of the molecule is CCCCCc1ccc2cc(S(=O)(=O)O)ccc2c1. The summed E-state index contributed by atoms with van der Waals surface area (Å²) in [6.07, 6.45) is 4.64. The van der Waals surface area contributed by atoms with Crippen LogP contribution in [-0.4, -0.2) is 13.0 Å². The van der Waals surface area contributed by atoms with Crippen molar-refractivity contribution in [2.75, 3.05) is 0 Å². The van der Waals surface area contributed by atoms with Crippen LogP contribution in [0.3, 0.4) is 0 Å². The summed E-state index contributed by atoms with van der Waals surface area (Å²) in [5, 5.41) is 1.83. The molecular weight excluding hydrogens is 260 g/mol. The Bertz CT molecular complexity index is 675. The third-order valence-corrected chi connectivity index (χ3v) is 4.09. The molecule has 1 N–H and O–H groups in total. The zero-order chi connectivity index (χ0) is 13.9. The molecule has 102 valence electrons. The van der Waals surface area contributed by atoms with Gasteiger partial charge in [0.2, 0.25) is 0 Å². The number of rotatable bonds is 5. The van der Waals surface area contributed by atoms with E-state index in [9.17, 15) is 8.42 Å². The van der Waals surface area contributed by atoms with Gasteiger partial charge in [-0.1, -0.05) is 44.0 Å². The molecule has 0 bridgehead atoms. The monoisotopic (exact) mass is 278 g/mol. The minimum Gasteiger partial charge on any atom is -0.282 e. The van der Waals surface area contributed by atoms with Crippen LogP contribution in [0.4, 0.5) is 0 Å². The summed E-state index contributed by atoms with van der Waals surface area (Å²) in [6, 6.07) is 10.7. The Kier molecular flexibility index (Phi) is 4.22. The lowest BCUT2D eigenvalue weighted by atomic mass is 10.0. The summed E-state index contributed by atoms with van der Waals surface area (Å²) in [4.78, 5) is -0.0567. The second-order valence-electron chi connectivity index (χ2n) is 4.78. The van der Waals surface area contributed by atoms with Crippen molar-refractivity contribution in [3.8, 4) is 0 Å². The van der Waals surface area contributed by atoms with Crippen molar-refractivity contribution in [3.05, 3.63) is 42.0 Å². The van der Waals surface area contributed by atoms with Gasteiger partial charge in [-0.2, -0.15) is 8.42 Å². The summed E-state index contributed by atoms with van der Waals surface area (Å²) in [5.74, 6) is 0. The van der Waals surface area contributed by atoms with Crippen LogP contribution in [0.2, 0.25) is 0 Å². The van der Waals surface area contributed by atoms with Crippen LogP contribution in [0.15, 0.2) is 41.3 Å². The molecule has 3 nitrogen and oxygen atoms in total. The number of hydrogen-bond donors (Lipinski definition) is 1. The molecule has 19 heavy (non-hydrogen) atoms. The minimum atomic E-state index is -4.12. The second-order valence-corrected chi connectivity index (χ2v) is 6.20. The zero-order valence-electron chi connectivity index (χ0n) is 11.0. The molecule has 0 aliphatic heterocycles. The molecule has 0 radical (unpaired) electrons. The van der Waals surface area contributed by atoms with E-state index in [2.05, 4.69) is 13.0 Å². The van der Waals surface area contributed by atoms with Crippen molar-refractivity contribution in [1.29, 1.82) is 0 Å². The van der Waals surface area contributed by atoms with Crippen molar-refractivity contribution in [2.45, 2.75) is 37.5 Å². The summed E-state index contributed by atoms with van der Waals surface area (Å²) in [5.41, 5.74) is 1.26. The average Bonchev–Trinajstić information content (AvgIpc) is 2.37. The van der Waals surface area contributed by atoms with Gasteiger partial charge in [0, 0.05) is 0 Å². The predicted molar refractivity (Wildman–Crippen MR) is 77.0 cm³/mol. The van der Waals surface area contributed by atoms with E-state index in [0.717, 1.165) is 17.2 Å². The van der Waals surface area contributed by atoms with Crippen LogP contribution in [0.1, 0.15) is 31.7 Å². The lowest BCUT2D eigenvalue weighted by Gasteiger charge is -2.05.